The number of piperazine rings is 1. The normalized spacial score (nSPS) is 17.6. The molecular formula is C17H26N2O2. The zero-order valence-electron chi connectivity index (χ0n) is 13.3. The maximum Gasteiger partial charge on any atom is 0.253 e. The number of hydrogen-bond donors (Lipinski definition) is 1. The highest BCUT2D eigenvalue weighted by molar-refractivity contribution is 5.94. The first-order chi connectivity index (χ1) is 10.0. The molecule has 0 aromatic heterocycles. The molecule has 0 spiro atoms. The Hall–Kier alpha value is -1.55. The van der Waals surface area contributed by atoms with Crippen LogP contribution in [-0.4, -0.2) is 42.6 Å². The van der Waals surface area contributed by atoms with E-state index in [2.05, 4.69) is 26.1 Å². The molecule has 0 unspecified atom stereocenters. The van der Waals surface area contributed by atoms with E-state index in [1.807, 2.05) is 29.2 Å². The van der Waals surface area contributed by atoms with E-state index >= 15 is 0 Å². The summed E-state index contributed by atoms with van der Waals surface area (Å²) in [7, 11) is 0. The van der Waals surface area contributed by atoms with Gasteiger partial charge in [0.1, 0.15) is 5.75 Å². The molecule has 1 aliphatic rings. The Morgan fingerprint density at radius 2 is 2.05 bits per heavy atom. The topological polar surface area (TPSA) is 41.6 Å². The molecule has 1 saturated heterocycles. The van der Waals surface area contributed by atoms with E-state index in [0.29, 0.717) is 0 Å². The standard InChI is InChI=1S/C17H26N2O2/c1-4-5-12-21-15-8-6-14(7-9-15)16(20)19-11-10-18-17(2,3)13-19/h6-9,18H,4-5,10-13H2,1-3H3. The maximum absolute atomic E-state index is 12.5. The predicted octanol–water partition coefficient (Wildman–Crippen LogP) is 2.69. The van der Waals surface area contributed by atoms with Crippen molar-refractivity contribution >= 4 is 5.91 Å². The van der Waals surface area contributed by atoms with Gasteiger partial charge in [0.05, 0.1) is 6.61 Å². The van der Waals surface area contributed by atoms with Gasteiger partial charge in [0.2, 0.25) is 0 Å². The van der Waals surface area contributed by atoms with Crippen molar-refractivity contribution in [2.45, 2.75) is 39.2 Å². The Kier molecular flexibility index (Phi) is 5.23. The molecule has 1 aromatic carbocycles. The van der Waals surface area contributed by atoms with E-state index in [1.165, 1.54) is 0 Å². The SMILES string of the molecule is CCCCOc1ccc(C(=O)N2CCNC(C)(C)C2)cc1. The highest BCUT2D eigenvalue weighted by Crippen LogP contribution is 2.17. The van der Waals surface area contributed by atoms with Gasteiger partial charge < -0.3 is 15.0 Å². The third kappa shape index (κ3) is 4.46. The van der Waals surface area contributed by atoms with E-state index in [9.17, 15) is 4.79 Å². The number of nitrogens with one attached hydrogen (secondary N) is 1. The van der Waals surface area contributed by atoms with Crippen molar-refractivity contribution in [3.63, 3.8) is 0 Å². The second kappa shape index (κ2) is 6.94. The first kappa shape index (κ1) is 15.8. The minimum atomic E-state index is -0.0168. The average Bonchev–Trinajstić information content (AvgIpc) is 2.46. The van der Waals surface area contributed by atoms with Crippen molar-refractivity contribution < 1.29 is 9.53 Å². The molecule has 0 radical (unpaired) electrons. The molecule has 1 N–H and O–H groups in total. The molecule has 1 aromatic rings. The lowest BCUT2D eigenvalue weighted by molar-refractivity contribution is 0.0652. The molecule has 1 amide bonds. The Morgan fingerprint density at radius 1 is 1.33 bits per heavy atom. The van der Waals surface area contributed by atoms with Crippen LogP contribution >= 0.6 is 0 Å². The van der Waals surface area contributed by atoms with E-state index in [0.717, 1.165) is 50.4 Å². The summed E-state index contributed by atoms with van der Waals surface area (Å²) < 4.78 is 5.62. The molecule has 4 nitrogen and oxygen atoms in total. The molecule has 1 heterocycles. The van der Waals surface area contributed by atoms with Crippen molar-refractivity contribution in [2.75, 3.05) is 26.2 Å². The molecule has 2 rings (SSSR count). The molecule has 0 saturated carbocycles. The zero-order valence-corrected chi connectivity index (χ0v) is 13.3. The summed E-state index contributed by atoms with van der Waals surface area (Å²) in [5.74, 6) is 0.935. The maximum atomic E-state index is 12.5. The van der Waals surface area contributed by atoms with Gasteiger partial charge in [-0.05, 0) is 44.5 Å². The Balaban J connectivity index is 1.96. The smallest absolute Gasteiger partial charge is 0.253 e. The van der Waals surface area contributed by atoms with Gasteiger partial charge in [0, 0.05) is 30.7 Å². The summed E-state index contributed by atoms with van der Waals surface area (Å²) in [4.78, 5) is 14.4. The van der Waals surface area contributed by atoms with Crippen molar-refractivity contribution in [2.24, 2.45) is 0 Å². The van der Waals surface area contributed by atoms with Crippen LogP contribution in [0.15, 0.2) is 24.3 Å². The highest BCUT2D eigenvalue weighted by Gasteiger charge is 2.28. The highest BCUT2D eigenvalue weighted by atomic mass is 16.5. The second-order valence-corrected chi connectivity index (χ2v) is 6.26. The number of hydrogen-bond acceptors (Lipinski definition) is 3. The quantitative estimate of drug-likeness (QED) is 0.848. The summed E-state index contributed by atoms with van der Waals surface area (Å²) in [6.45, 7) is 9.46. The predicted molar refractivity (Wildman–Crippen MR) is 84.8 cm³/mol. The molecule has 4 heteroatoms. The third-order valence-electron chi connectivity index (χ3n) is 3.73. The minimum absolute atomic E-state index is 0.0168. The second-order valence-electron chi connectivity index (χ2n) is 6.26. The number of carbonyl (C=O) groups excluding carboxylic acids is 1. The summed E-state index contributed by atoms with van der Waals surface area (Å²) in [6.07, 6.45) is 2.17. The van der Waals surface area contributed by atoms with E-state index in [1.54, 1.807) is 0 Å². The molecule has 1 aliphatic heterocycles. The van der Waals surface area contributed by atoms with Gasteiger partial charge in [-0.3, -0.25) is 4.79 Å². The van der Waals surface area contributed by atoms with E-state index in [4.69, 9.17) is 4.74 Å². The number of carbonyl (C=O) groups is 1. The number of amides is 1. The lowest BCUT2D eigenvalue weighted by Gasteiger charge is -2.39. The summed E-state index contributed by atoms with van der Waals surface area (Å²) in [5, 5.41) is 3.42. The molecular weight excluding hydrogens is 264 g/mol. The van der Waals surface area contributed by atoms with Crippen LogP contribution < -0.4 is 10.1 Å². The molecule has 0 bridgehead atoms. The first-order valence-corrected chi connectivity index (χ1v) is 7.79. The van der Waals surface area contributed by atoms with Gasteiger partial charge >= 0.3 is 0 Å². The largest absolute Gasteiger partial charge is 0.494 e. The zero-order chi connectivity index (χ0) is 15.3. The van der Waals surface area contributed by atoms with Crippen LogP contribution in [0.4, 0.5) is 0 Å². The fraction of sp³-hybridized carbons (Fsp3) is 0.588. The van der Waals surface area contributed by atoms with Crippen LogP contribution in [0.2, 0.25) is 0 Å². The van der Waals surface area contributed by atoms with Gasteiger partial charge in [-0.15, -0.1) is 0 Å². The van der Waals surface area contributed by atoms with Crippen molar-refractivity contribution in [1.29, 1.82) is 0 Å². The van der Waals surface area contributed by atoms with Crippen molar-refractivity contribution in [3.05, 3.63) is 29.8 Å². The molecule has 0 atom stereocenters. The number of ether oxygens (including phenoxy) is 1. The number of nitrogens with zero attached hydrogens (tertiary/aromatic N) is 1. The van der Waals surface area contributed by atoms with Crippen LogP contribution in [0.25, 0.3) is 0 Å². The van der Waals surface area contributed by atoms with Crippen molar-refractivity contribution in [1.82, 2.24) is 10.2 Å². The number of unbranched alkanes of at least 4 members (excludes halogenated alkanes) is 1. The lowest BCUT2D eigenvalue weighted by atomic mass is 10.0. The monoisotopic (exact) mass is 290 g/mol. The van der Waals surface area contributed by atoms with Crippen LogP contribution in [0.5, 0.6) is 5.75 Å². The number of benzene rings is 1. The van der Waals surface area contributed by atoms with Crippen LogP contribution in [0.3, 0.4) is 0 Å². The molecule has 21 heavy (non-hydrogen) atoms. The molecule has 0 aliphatic carbocycles. The Bertz CT molecular complexity index is 468. The summed E-state index contributed by atoms with van der Waals surface area (Å²) in [5.41, 5.74) is 0.715. The van der Waals surface area contributed by atoms with E-state index in [-0.39, 0.29) is 11.4 Å². The number of rotatable bonds is 5. The average molecular weight is 290 g/mol. The van der Waals surface area contributed by atoms with Gasteiger partial charge in [-0.2, -0.15) is 0 Å². The van der Waals surface area contributed by atoms with Crippen molar-refractivity contribution in [3.8, 4) is 5.75 Å². The van der Waals surface area contributed by atoms with Gasteiger partial charge in [-0.25, -0.2) is 0 Å². The molecule has 1 fully saturated rings. The lowest BCUT2D eigenvalue weighted by Crippen LogP contribution is -2.58. The van der Waals surface area contributed by atoms with Crippen LogP contribution in [0, 0.1) is 0 Å². The van der Waals surface area contributed by atoms with Crippen LogP contribution in [0.1, 0.15) is 44.0 Å². The Labute approximate surface area is 127 Å². The van der Waals surface area contributed by atoms with Gasteiger partial charge in [0.25, 0.3) is 5.91 Å². The summed E-state index contributed by atoms with van der Waals surface area (Å²) >= 11 is 0. The summed E-state index contributed by atoms with van der Waals surface area (Å²) in [6, 6.07) is 7.49. The minimum Gasteiger partial charge on any atom is -0.494 e. The first-order valence-electron chi connectivity index (χ1n) is 7.79. The van der Waals surface area contributed by atoms with E-state index < -0.39 is 0 Å². The van der Waals surface area contributed by atoms with Crippen LogP contribution in [-0.2, 0) is 0 Å². The third-order valence-corrected chi connectivity index (χ3v) is 3.73. The molecule has 116 valence electrons. The van der Waals surface area contributed by atoms with Gasteiger partial charge in [0.15, 0.2) is 0 Å². The fourth-order valence-electron chi connectivity index (χ4n) is 2.53. The Morgan fingerprint density at radius 3 is 2.67 bits per heavy atom. The fourth-order valence-corrected chi connectivity index (χ4v) is 2.53. The van der Waals surface area contributed by atoms with Gasteiger partial charge in [-0.1, -0.05) is 13.3 Å².